The minimum atomic E-state index is 0.0429. The third-order valence-electron chi connectivity index (χ3n) is 4.35. The molecule has 2 aliphatic heterocycles. The molecule has 2 aliphatic rings. The van der Waals surface area contributed by atoms with Crippen molar-refractivity contribution in [2.75, 3.05) is 44.7 Å². The number of carbonyl (C=O) groups excluding carboxylic acids is 1. The molecule has 0 aliphatic carbocycles. The summed E-state index contributed by atoms with van der Waals surface area (Å²) in [5, 5.41) is 6.52. The van der Waals surface area contributed by atoms with Gasteiger partial charge in [0.1, 0.15) is 0 Å². The van der Waals surface area contributed by atoms with Gasteiger partial charge >= 0.3 is 0 Å². The van der Waals surface area contributed by atoms with E-state index in [2.05, 4.69) is 28.5 Å². The molecule has 3 rings (SSSR count). The molecule has 0 saturated carbocycles. The van der Waals surface area contributed by atoms with Crippen LogP contribution in [0.2, 0.25) is 0 Å². The molecule has 2 heterocycles. The van der Waals surface area contributed by atoms with Crippen LogP contribution in [0.4, 0.5) is 5.69 Å². The second-order valence-electron chi connectivity index (χ2n) is 6.15. The fourth-order valence-corrected chi connectivity index (χ4v) is 3.24. The molecular weight excluding hydrogens is 278 g/mol. The molecule has 1 atom stereocenters. The number of hydrogen-bond acceptors (Lipinski definition) is 4. The maximum atomic E-state index is 12.6. The van der Waals surface area contributed by atoms with Crippen molar-refractivity contribution in [1.82, 2.24) is 10.2 Å². The molecule has 5 nitrogen and oxygen atoms in total. The van der Waals surface area contributed by atoms with Crippen molar-refractivity contribution in [3.05, 3.63) is 29.3 Å². The average molecular weight is 303 g/mol. The van der Waals surface area contributed by atoms with Crippen LogP contribution in [0.1, 0.15) is 29.3 Å². The standard InChI is InChI=1S/C17H25N3O2/c1-13(12-20-8-10-22-11-9-20)19-17(21)15-4-2-6-16-14(15)5-3-7-18-16/h2,4,6,13,18H,3,5,7-12H2,1H3,(H,19,21). The summed E-state index contributed by atoms with van der Waals surface area (Å²) in [6, 6.07) is 6.09. The molecule has 0 bridgehead atoms. The highest BCUT2D eigenvalue weighted by Gasteiger charge is 2.20. The monoisotopic (exact) mass is 303 g/mol. The Morgan fingerprint density at radius 2 is 2.23 bits per heavy atom. The van der Waals surface area contributed by atoms with Crippen LogP contribution in [-0.2, 0) is 11.2 Å². The number of morpholine rings is 1. The first-order valence-corrected chi connectivity index (χ1v) is 8.21. The van der Waals surface area contributed by atoms with Crippen molar-refractivity contribution in [3.63, 3.8) is 0 Å². The van der Waals surface area contributed by atoms with Crippen molar-refractivity contribution < 1.29 is 9.53 Å². The van der Waals surface area contributed by atoms with Gasteiger partial charge in [-0.15, -0.1) is 0 Å². The molecule has 0 aromatic heterocycles. The molecule has 1 amide bonds. The summed E-state index contributed by atoms with van der Waals surface area (Å²) in [5.41, 5.74) is 3.09. The van der Waals surface area contributed by atoms with Gasteiger partial charge in [-0.1, -0.05) is 6.07 Å². The Morgan fingerprint density at radius 3 is 3.05 bits per heavy atom. The topological polar surface area (TPSA) is 53.6 Å². The molecule has 22 heavy (non-hydrogen) atoms. The molecule has 1 saturated heterocycles. The highest BCUT2D eigenvalue weighted by atomic mass is 16.5. The number of benzene rings is 1. The Bertz CT molecular complexity index is 527. The first kappa shape index (κ1) is 15.3. The number of rotatable bonds is 4. The lowest BCUT2D eigenvalue weighted by molar-refractivity contribution is 0.0342. The molecule has 1 fully saturated rings. The number of ether oxygens (including phenoxy) is 1. The summed E-state index contributed by atoms with van der Waals surface area (Å²) >= 11 is 0. The molecule has 5 heteroatoms. The molecule has 0 spiro atoms. The Balaban J connectivity index is 1.61. The number of fused-ring (bicyclic) bond motifs is 1. The molecule has 1 aromatic carbocycles. The zero-order chi connectivity index (χ0) is 15.4. The average Bonchev–Trinajstić information content (AvgIpc) is 2.55. The normalized spacial score (nSPS) is 19.9. The van der Waals surface area contributed by atoms with E-state index in [0.29, 0.717) is 0 Å². The van der Waals surface area contributed by atoms with E-state index >= 15 is 0 Å². The van der Waals surface area contributed by atoms with Crippen LogP contribution in [-0.4, -0.2) is 56.2 Å². The number of hydrogen-bond donors (Lipinski definition) is 2. The summed E-state index contributed by atoms with van der Waals surface area (Å²) in [6.45, 7) is 7.42. The minimum absolute atomic E-state index is 0.0429. The maximum Gasteiger partial charge on any atom is 0.251 e. The molecule has 120 valence electrons. The van der Waals surface area contributed by atoms with Gasteiger partial charge in [0.2, 0.25) is 0 Å². The van der Waals surface area contributed by atoms with Crippen molar-refractivity contribution in [1.29, 1.82) is 0 Å². The van der Waals surface area contributed by atoms with Crippen LogP contribution in [0.25, 0.3) is 0 Å². The summed E-state index contributed by atoms with van der Waals surface area (Å²) in [6.07, 6.45) is 2.06. The number of nitrogens with one attached hydrogen (secondary N) is 2. The van der Waals surface area contributed by atoms with Crippen molar-refractivity contribution in [2.24, 2.45) is 0 Å². The summed E-state index contributed by atoms with van der Waals surface area (Å²) in [4.78, 5) is 14.9. The fraction of sp³-hybridized carbons (Fsp3) is 0.588. The van der Waals surface area contributed by atoms with E-state index in [1.807, 2.05) is 12.1 Å². The molecule has 2 N–H and O–H groups in total. The first-order valence-electron chi connectivity index (χ1n) is 8.21. The quantitative estimate of drug-likeness (QED) is 0.885. The number of nitrogens with zero attached hydrogens (tertiary/aromatic N) is 1. The minimum Gasteiger partial charge on any atom is -0.385 e. The first-order chi connectivity index (χ1) is 10.7. The van der Waals surface area contributed by atoms with Gasteiger partial charge in [0, 0.05) is 43.5 Å². The summed E-state index contributed by atoms with van der Waals surface area (Å²) in [5.74, 6) is 0.0429. The van der Waals surface area contributed by atoms with Gasteiger partial charge in [-0.05, 0) is 37.5 Å². The molecule has 0 radical (unpaired) electrons. The molecule has 1 unspecified atom stereocenters. The van der Waals surface area contributed by atoms with Gasteiger partial charge in [-0.2, -0.15) is 0 Å². The Labute approximate surface area is 132 Å². The van der Waals surface area contributed by atoms with Crippen molar-refractivity contribution in [2.45, 2.75) is 25.8 Å². The van der Waals surface area contributed by atoms with Gasteiger partial charge in [0.05, 0.1) is 13.2 Å². The Morgan fingerprint density at radius 1 is 1.41 bits per heavy atom. The zero-order valence-electron chi connectivity index (χ0n) is 13.2. The lowest BCUT2D eigenvalue weighted by Crippen LogP contribution is -2.46. The molecule has 1 aromatic rings. The van der Waals surface area contributed by atoms with E-state index in [1.54, 1.807) is 0 Å². The van der Waals surface area contributed by atoms with Crippen LogP contribution in [0.15, 0.2) is 18.2 Å². The van der Waals surface area contributed by atoms with Gasteiger partial charge in [-0.25, -0.2) is 0 Å². The van der Waals surface area contributed by atoms with E-state index in [1.165, 1.54) is 0 Å². The smallest absolute Gasteiger partial charge is 0.251 e. The van der Waals surface area contributed by atoms with Gasteiger partial charge in [0.25, 0.3) is 5.91 Å². The van der Waals surface area contributed by atoms with Crippen molar-refractivity contribution in [3.8, 4) is 0 Å². The molecular formula is C17H25N3O2. The summed E-state index contributed by atoms with van der Waals surface area (Å²) < 4.78 is 5.36. The predicted molar refractivity (Wildman–Crippen MR) is 87.4 cm³/mol. The SMILES string of the molecule is CC(CN1CCOCC1)NC(=O)c1cccc2c1CCCN2. The van der Waals surface area contributed by atoms with E-state index < -0.39 is 0 Å². The van der Waals surface area contributed by atoms with Crippen molar-refractivity contribution >= 4 is 11.6 Å². The maximum absolute atomic E-state index is 12.6. The lowest BCUT2D eigenvalue weighted by atomic mass is 9.97. The number of anilines is 1. The van der Waals surface area contributed by atoms with E-state index in [4.69, 9.17) is 4.74 Å². The fourth-order valence-electron chi connectivity index (χ4n) is 3.24. The number of carbonyl (C=O) groups is 1. The predicted octanol–water partition coefficient (Wildman–Crippen LogP) is 1.50. The highest BCUT2D eigenvalue weighted by Crippen LogP contribution is 2.25. The van der Waals surface area contributed by atoms with Crippen LogP contribution < -0.4 is 10.6 Å². The highest BCUT2D eigenvalue weighted by molar-refractivity contribution is 5.97. The largest absolute Gasteiger partial charge is 0.385 e. The van der Waals surface area contributed by atoms with E-state index in [0.717, 1.165) is 69.0 Å². The zero-order valence-corrected chi connectivity index (χ0v) is 13.2. The van der Waals surface area contributed by atoms with E-state index in [9.17, 15) is 4.79 Å². The van der Waals surface area contributed by atoms with Gasteiger partial charge < -0.3 is 15.4 Å². The van der Waals surface area contributed by atoms with Gasteiger partial charge in [-0.3, -0.25) is 9.69 Å². The van der Waals surface area contributed by atoms with Crippen LogP contribution >= 0.6 is 0 Å². The van der Waals surface area contributed by atoms with Gasteiger partial charge in [0.15, 0.2) is 0 Å². The Kier molecular flexibility index (Phi) is 4.95. The van der Waals surface area contributed by atoms with E-state index in [-0.39, 0.29) is 11.9 Å². The lowest BCUT2D eigenvalue weighted by Gasteiger charge is -2.29. The third-order valence-corrected chi connectivity index (χ3v) is 4.35. The Hall–Kier alpha value is -1.59. The summed E-state index contributed by atoms with van der Waals surface area (Å²) in [7, 11) is 0. The van der Waals surface area contributed by atoms with Crippen LogP contribution in [0.3, 0.4) is 0 Å². The van der Waals surface area contributed by atoms with Crippen LogP contribution in [0, 0.1) is 0 Å². The second kappa shape index (κ2) is 7.11. The van der Waals surface area contributed by atoms with Crippen LogP contribution in [0.5, 0.6) is 0 Å². The number of amides is 1. The third kappa shape index (κ3) is 3.59. The second-order valence-corrected chi connectivity index (χ2v) is 6.15.